The third-order valence-corrected chi connectivity index (χ3v) is 4.43. The monoisotopic (exact) mass is 329 g/mol. The Morgan fingerprint density at radius 1 is 1.42 bits per heavy atom. The summed E-state index contributed by atoms with van der Waals surface area (Å²) in [4.78, 5) is 13.4. The minimum absolute atomic E-state index is 0.141. The number of nitrogens with zero attached hydrogens (tertiary/aromatic N) is 2. The van der Waals surface area contributed by atoms with Gasteiger partial charge in [0.25, 0.3) is 0 Å². The van der Waals surface area contributed by atoms with Crippen LogP contribution in [-0.2, 0) is 17.7 Å². The van der Waals surface area contributed by atoms with Crippen molar-refractivity contribution in [2.75, 3.05) is 18.1 Å². The number of aromatic nitrogens is 1. The number of hydrogen-bond acceptors (Lipinski definition) is 5. The van der Waals surface area contributed by atoms with Crippen LogP contribution in [0.1, 0.15) is 42.5 Å². The summed E-state index contributed by atoms with van der Waals surface area (Å²) in [6, 6.07) is 8.14. The molecule has 1 amide bonds. The van der Waals surface area contributed by atoms with Crippen LogP contribution in [-0.4, -0.2) is 24.4 Å². The Bertz CT molecular complexity index is 726. The van der Waals surface area contributed by atoms with Crippen LogP contribution in [0.5, 0.6) is 0 Å². The van der Waals surface area contributed by atoms with E-state index < -0.39 is 0 Å². The van der Waals surface area contributed by atoms with Gasteiger partial charge in [0.1, 0.15) is 12.4 Å². The lowest BCUT2D eigenvalue weighted by Crippen LogP contribution is -2.24. The minimum Gasteiger partial charge on any atom is -0.447 e. The van der Waals surface area contributed by atoms with Crippen molar-refractivity contribution >= 4 is 11.8 Å². The maximum Gasteiger partial charge on any atom is 0.414 e. The molecule has 0 spiro atoms. The first-order valence-electron chi connectivity index (χ1n) is 8.31. The standard InChI is InChI=1S/C18H23N3O3/c1-4-17-16(13(3)24-20-17)11-19-12(2)14-6-5-7-15(10-14)21-8-9-23-18(21)22/h5-7,10,12,19H,4,8-9,11H2,1-3H3. The van der Waals surface area contributed by atoms with Gasteiger partial charge in [-0.2, -0.15) is 0 Å². The number of rotatable bonds is 6. The van der Waals surface area contributed by atoms with Crippen molar-refractivity contribution in [3.05, 3.63) is 46.8 Å². The second-order valence-corrected chi connectivity index (χ2v) is 5.98. The molecule has 1 aliphatic heterocycles. The second kappa shape index (κ2) is 7.05. The second-order valence-electron chi connectivity index (χ2n) is 5.98. The van der Waals surface area contributed by atoms with Crippen LogP contribution in [0.4, 0.5) is 10.5 Å². The molecule has 1 fully saturated rings. The molecule has 1 unspecified atom stereocenters. The first-order valence-corrected chi connectivity index (χ1v) is 8.31. The van der Waals surface area contributed by atoms with Crippen molar-refractivity contribution in [1.82, 2.24) is 10.5 Å². The topological polar surface area (TPSA) is 67.6 Å². The van der Waals surface area contributed by atoms with Crippen LogP contribution in [0.2, 0.25) is 0 Å². The Morgan fingerprint density at radius 2 is 2.25 bits per heavy atom. The fraction of sp³-hybridized carbons (Fsp3) is 0.444. The summed E-state index contributed by atoms with van der Waals surface area (Å²) in [7, 11) is 0. The third kappa shape index (κ3) is 3.28. The van der Waals surface area contributed by atoms with Crippen LogP contribution >= 0.6 is 0 Å². The van der Waals surface area contributed by atoms with Gasteiger partial charge in [0.2, 0.25) is 0 Å². The van der Waals surface area contributed by atoms with Gasteiger partial charge in [-0.15, -0.1) is 0 Å². The highest BCUT2D eigenvalue weighted by atomic mass is 16.6. The first-order chi connectivity index (χ1) is 11.6. The van der Waals surface area contributed by atoms with Crippen LogP contribution in [0.3, 0.4) is 0 Å². The third-order valence-electron chi connectivity index (χ3n) is 4.43. The number of ether oxygens (including phenoxy) is 1. The number of aryl methyl sites for hydroxylation is 2. The Hall–Kier alpha value is -2.34. The average molecular weight is 329 g/mol. The summed E-state index contributed by atoms with van der Waals surface area (Å²) in [6.45, 7) is 7.87. The molecular formula is C18H23N3O3. The number of cyclic esters (lactones) is 1. The SMILES string of the molecule is CCc1noc(C)c1CNC(C)c1cccc(N2CCOC2=O)c1. The molecule has 2 heterocycles. The average Bonchev–Trinajstić information content (AvgIpc) is 3.18. The van der Waals surface area contributed by atoms with Gasteiger partial charge in [-0.05, 0) is 38.0 Å². The van der Waals surface area contributed by atoms with Crippen molar-refractivity contribution in [2.24, 2.45) is 0 Å². The summed E-state index contributed by atoms with van der Waals surface area (Å²) in [5.41, 5.74) is 4.13. The lowest BCUT2D eigenvalue weighted by Gasteiger charge is -2.18. The lowest BCUT2D eigenvalue weighted by atomic mass is 10.1. The summed E-state index contributed by atoms with van der Waals surface area (Å²) in [6.07, 6.45) is 0.579. The molecule has 24 heavy (non-hydrogen) atoms. The number of carbonyl (C=O) groups excluding carboxylic acids is 1. The van der Waals surface area contributed by atoms with Gasteiger partial charge in [-0.25, -0.2) is 4.79 Å². The van der Waals surface area contributed by atoms with Gasteiger partial charge < -0.3 is 14.6 Å². The first kappa shape index (κ1) is 16.5. The zero-order chi connectivity index (χ0) is 17.1. The van der Waals surface area contributed by atoms with Crippen LogP contribution < -0.4 is 10.2 Å². The quantitative estimate of drug-likeness (QED) is 0.880. The summed E-state index contributed by atoms with van der Waals surface area (Å²) < 4.78 is 10.3. The zero-order valence-corrected chi connectivity index (χ0v) is 14.3. The summed E-state index contributed by atoms with van der Waals surface area (Å²) >= 11 is 0. The van der Waals surface area contributed by atoms with Crippen LogP contribution in [0.25, 0.3) is 0 Å². The summed E-state index contributed by atoms with van der Waals surface area (Å²) in [5, 5.41) is 7.60. The van der Waals surface area contributed by atoms with Gasteiger partial charge in [-0.1, -0.05) is 24.2 Å². The molecule has 1 N–H and O–H groups in total. The van der Waals surface area contributed by atoms with Crippen LogP contribution in [0.15, 0.2) is 28.8 Å². The van der Waals surface area contributed by atoms with Crippen LogP contribution in [0, 0.1) is 6.92 Å². The van der Waals surface area contributed by atoms with Crippen molar-refractivity contribution in [1.29, 1.82) is 0 Å². The predicted molar refractivity (Wildman–Crippen MR) is 91.0 cm³/mol. The Labute approximate surface area is 141 Å². The molecule has 0 radical (unpaired) electrons. The molecule has 0 aliphatic carbocycles. The molecule has 1 aliphatic rings. The van der Waals surface area contributed by atoms with E-state index in [2.05, 4.69) is 30.4 Å². The lowest BCUT2D eigenvalue weighted by molar-refractivity contribution is 0.181. The van der Waals surface area contributed by atoms with Gasteiger partial charge in [-0.3, -0.25) is 4.90 Å². The van der Waals surface area contributed by atoms with E-state index in [1.807, 2.05) is 25.1 Å². The maximum atomic E-state index is 11.7. The van der Waals surface area contributed by atoms with Crippen molar-refractivity contribution in [3.63, 3.8) is 0 Å². The highest BCUT2D eigenvalue weighted by Gasteiger charge is 2.24. The molecule has 1 aromatic carbocycles. The molecule has 6 heteroatoms. The fourth-order valence-electron chi connectivity index (χ4n) is 2.90. The van der Waals surface area contributed by atoms with Crippen molar-refractivity contribution < 1.29 is 14.1 Å². The number of anilines is 1. The van der Waals surface area contributed by atoms with E-state index >= 15 is 0 Å². The van der Waals surface area contributed by atoms with E-state index in [4.69, 9.17) is 9.26 Å². The molecule has 0 bridgehead atoms. The van der Waals surface area contributed by atoms with E-state index in [9.17, 15) is 4.79 Å². The minimum atomic E-state index is -0.277. The zero-order valence-electron chi connectivity index (χ0n) is 14.3. The van der Waals surface area contributed by atoms with Crippen molar-refractivity contribution in [2.45, 2.75) is 39.8 Å². The summed E-state index contributed by atoms with van der Waals surface area (Å²) in [5.74, 6) is 0.861. The highest BCUT2D eigenvalue weighted by Crippen LogP contribution is 2.24. The van der Waals surface area contributed by atoms with E-state index in [0.717, 1.165) is 34.7 Å². The van der Waals surface area contributed by atoms with Gasteiger partial charge in [0.15, 0.2) is 0 Å². The maximum absolute atomic E-state index is 11.7. The van der Waals surface area contributed by atoms with Gasteiger partial charge >= 0.3 is 6.09 Å². The number of amides is 1. The number of hydrogen-bond donors (Lipinski definition) is 1. The number of benzene rings is 1. The molecule has 2 aromatic rings. The number of nitrogens with one attached hydrogen (secondary N) is 1. The van der Waals surface area contributed by atoms with Gasteiger partial charge in [0, 0.05) is 23.8 Å². The molecule has 1 aromatic heterocycles. The normalized spacial score (nSPS) is 15.6. The largest absolute Gasteiger partial charge is 0.447 e. The van der Waals surface area contributed by atoms with E-state index in [0.29, 0.717) is 19.7 Å². The predicted octanol–water partition coefficient (Wildman–Crippen LogP) is 3.35. The van der Waals surface area contributed by atoms with Gasteiger partial charge in [0.05, 0.1) is 12.2 Å². The van der Waals surface area contributed by atoms with Crippen molar-refractivity contribution in [3.8, 4) is 0 Å². The van der Waals surface area contributed by atoms with E-state index in [-0.39, 0.29) is 12.1 Å². The Kier molecular flexibility index (Phi) is 4.85. The number of carbonyl (C=O) groups is 1. The molecule has 3 rings (SSSR count). The molecule has 6 nitrogen and oxygen atoms in total. The van der Waals surface area contributed by atoms with E-state index in [1.165, 1.54) is 0 Å². The Morgan fingerprint density at radius 3 is 2.96 bits per heavy atom. The highest BCUT2D eigenvalue weighted by molar-refractivity contribution is 5.89. The van der Waals surface area contributed by atoms with E-state index in [1.54, 1.807) is 4.90 Å². The Balaban J connectivity index is 1.70. The fourth-order valence-corrected chi connectivity index (χ4v) is 2.90. The molecule has 1 atom stereocenters. The smallest absolute Gasteiger partial charge is 0.414 e. The molecule has 128 valence electrons. The molecule has 1 saturated heterocycles. The molecule has 0 saturated carbocycles. The molecular weight excluding hydrogens is 306 g/mol.